The van der Waals surface area contributed by atoms with Crippen LogP contribution in [0.15, 0.2) is 0 Å². The summed E-state index contributed by atoms with van der Waals surface area (Å²) in [5, 5.41) is 3.16. The lowest BCUT2D eigenvalue weighted by atomic mass is 10.4. The van der Waals surface area contributed by atoms with E-state index in [9.17, 15) is 8.42 Å². The highest BCUT2D eigenvalue weighted by Gasteiger charge is 2.21. The molecule has 0 aliphatic heterocycles. The average Bonchev–Trinajstić information content (AvgIpc) is 3.08. The fraction of sp³-hybridized carbons (Fsp3) is 1.00. The Balaban J connectivity index is 2.17. The monoisotopic (exact) mass is 266 g/mol. The third kappa shape index (κ3) is 6.95. The molecule has 0 saturated heterocycles. The summed E-state index contributed by atoms with van der Waals surface area (Å²) in [6, 6.07) is 0.533. The predicted octanol–water partition coefficient (Wildman–Crippen LogP) is -0.681. The Hall–Kier alpha value is -0.210. The zero-order valence-electron chi connectivity index (χ0n) is 10.4. The maximum absolute atomic E-state index is 11.6. The summed E-state index contributed by atoms with van der Waals surface area (Å²) in [6.07, 6.45) is 2.08. The van der Waals surface area contributed by atoms with Gasteiger partial charge in [0.1, 0.15) is 0 Å². The Bertz CT molecular complexity index is 303. The van der Waals surface area contributed by atoms with Crippen molar-refractivity contribution in [1.82, 2.24) is 10.0 Å². The normalized spacial score (nSPS) is 18.2. The van der Waals surface area contributed by atoms with Gasteiger partial charge in [0.2, 0.25) is 10.0 Å². The summed E-state index contributed by atoms with van der Waals surface area (Å²) in [6.45, 7) is 1.12. The van der Waals surface area contributed by atoms with Gasteiger partial charge in [0.05, 0.1) is 18.5 Å². The van der Waals surface area contributed by atoms with Crippen LogP contribution in [-0.2, 0) is 19.5 Å². The van der Waals surface area contributed by atoms with Crippen LogP contribution in [0.25, 0.3) is 0 Å². The predicted molar refractivity (Wildman–Crippen MR) is 65.5 cm³/mol. The van der Waals surface area contributed by atoms with Crippen molar-refractivity contribution >= 4 is 10.0 Å². The quantitative estimate of drug-likeness (QED) is 0.548. The molecule has 102 valence electrons. The Kier molecular flexibility index (Phi) is 6.35. The van der Waals surface area contributed by atoms with E-state index in [1.807, 2.05) is 0 Å². The minimum Gasteiger partial charge on any atom is -0.382 e. The molecule has 1 aliphatic carbocycles. The third-order valence-corrected chi connectivity index (χ3v) is 3.95. The van der Waals surface area contributed by atoms with Crippen molar-refractivity contribution < 1.29 is 17.9 Å². The van der Waals surface area contributed by atoms with Crippen LogP contribution in [0.3, 0.4) is 0 Å². The highest BCUT2D eigenvalue weighted by atomic mass is 32.2. The van der Waals surface area contributed by atoms with Crippen LogP contribution in [0, 0.1) is 0 Å². The van der Waals surface area contributed by atoms with E-state index >= 15 is 0 Å². The van der Waals surface area contributed by atoms with Gasteiger partial charge in [-0.15, -0.1) is 0 Å². The Morgan fingerprint density at radius 2 is 2.06 bits per heavy atom. The molecule has 0 spiro atoms. The highest BCUT2D eigenvalue weighted by molar-refractivity contribution is 7.89. The smallest absolute Gasteiger partial charge is 0.212 e. The van der Waals surface area contributed by atoms with Crippen molar-refractivity contribution in [3.63, 3.8) is 0 Å². The summed E-state index contributed by atoms with van der Waals surface area (Å²) in [5.74, 6) is 0.104. The van der Waals surface area contributed by atoms with Gasteiger partial charge in [0.25, 0.3) is 0 Å². The molecule has 17 heavy (non-hydrogen) atoms. The number of rotatable bonds is 10. The zero-order chi connectivity index (χ0) is 12.7. The second kappa shape index (κ2) is 7.27. The molecule has 0 aromatic rings. The number of nitrogens with one attached hydrogen (secondary N) is 2. The maximum atomic E-state index is 11.6. The Morgan fingerprint density at radius 3 is 2.59 bits per heavy atom. The van der Waals surface area contributed by atoms with Crippen LogP contribution >= 0.6 is 0 Å². The summed E-state index contributed by atoms with van der Waals surface area (Å²) in [5.41, 5.74) is 0. The lowest BCUT2D eigenvalue weighted by molar-refractivity contribution is 0.0320. The van der Waals surface area contributed by atoms with E-state index in [2.05, 4.69) is 10.0 Å². The molecule has 7 heteroatoms. The molecule has 2 N–H and O–H groups in total. The summed E-state index contributed by atoms with van der Waals surface area (Å²) in [7, 11) is -0.131. The van der Waals surface area contributed by atoms with Gasteiger partial charge in [-0.1, -0.05) is 0 Å². The number of hydrogen-bond donors (Lipinski definition) is 2. The van der Waals surface area contributed by atoms with Crippen molar-refractivity contribution in [2.75, 3.05) is 39.7 Å². The fourth-order valence-electron chi connectivity index (χ4n) is 1.37. The minimum absolute atomic E-state index is 0.104. The van der Waals surface area contributed by atoms with Gasteiger partial charge in [-0.05, 0) is 12.8 Å². The second-order valence-electron chi connectivity index (χ2n) is 4.21. The molecule has 1 saturated carbocycles. The second-order valence-corrected chi connectivity index (χ2v) is 6.14. The van der Waals surface area contributed by atoms with Gasteiger partial charge in [-0.25, -0.2) is 13.1 Å². The average molecular weight is 266 g/mol. The van der Waals surface area contributed by atoms with Crippen molar-refractivity contribution in [2.45, 2.75) is 25.0 Å². The Morgan fingerprint density at radius 1 is 1.35 bits per heavy atom. The van der Waals surface area contributed by atoms with Gasteiger partial charge >= 0.3 is 0 Å². The summed E-state index contributed by atoms with van der Waals surface area (Å²) < 4.78 is 35.7. The standard InChI is InChI=1S/C10H22N2O4S/c1-15-8-10(16-2)7-12-17(13,14)6-5-11-9-3-4-9/h9-12H,3-8H2,1-2H3. The molecule has 0 radical (unpaired) electrons. The lowest BCUT2D eigenvalue weighted by Crippen LogP contribution is -2.39. The number of ether oxygens (including phenoxy) is 2. The zero-order valence-corrected chi connectivity index (χ0v) is 11.3. The van der Waals surface area contributed by atoms with Crippen molar-refractivity contribution in [2.24, 2.45) is 0 Å². The highest BCUT2D eigenvalue weighted by Crippen LogP contribution is 2.17. The van der Waals surface area contributed by atoms with Gasteiger partial charge in [0, 0.05) is 33.4 Å². The first-order valence-electron chi connectivity index (χ1n) is 5.80. The molecule has 1 rings (SSSR count). The van der Waals surface area contributed by atoms with Crippen molar-refractivity contribution in [3.05, 3.63) is 0 Å². The van der Waals surface area contributed by atoms with Crippen LogP contribution in [0.1, 0.15) is 12.8 Å². The topological polar surface area (TPSA) is 76.7 Å². The van der Waals surface area contributed by atoms with Crippen molar-refractivity contribution in [3.8, 4) is 0 Å². The number of hydrogen-bond acceptors (Lipinski definition) is 5. The van der Waals surface area contributed by atoms with Crippen LogP contribution < -0.4 is 10.0 Å². The lowest BCUT2D eigenvalue weighted by Gasteiger charge is -2.15. The van der Waals surface area contributed by atoms with E-state index in [1.54, 1.807) is 7.11 Å². The van der Waals surface area contributed by atoms with E-state index in [0.29, 0.717) is 19.2 Å². The first kappa shape index (κ1) is 14.8. The SMILES string of the molecule is COCC(CNS(=O)(=O)CCNC1CC1)OC. The van der Waals surface area contributed by atoms with E-state index in [4.69, 9.17) is 9.47 Å². The first-order chi connectivity index (χ1) is 8.07. The van der Waals surface area contributed by atoms with Gasteiger partial charge in [0.15, 0.2) is 0 Å². The van der Waals surface area contributed by atoms with Crippen LogP contribution in [0.4, 0.5) is 0 Å². The van der Waals surface area contributed by atoms with Gasteiger partial charge in [-0.2, -0.15) is 0 Å². The molecule has 1 aliphatic rings. The summed E-state index contributed by atoms with van der Waals surface area (Å²) in [4.78, 5) is 0. The largest absolute Gasteiger partial charge is 0.382 e. The molecule has 1 fully saturated rings. The summed E-state index contributed by atoms with van der Waals surface area (Å²) >= 11 is 0. The van der Waals surface area contributed by atoms with E-state index in [-0.39, 0.29) is 18.4 Å². The third-order valence-electron chi connectivity index (χ3n) is 2.60. The molecule has 0 heterocycles. The molecule has 6 nitrogen and oxygen atoms in total. The van der Waals surface area contributed by atoms with E-state index in [1.165, 1.54) is 7.11 Å². The molecular weight excluding hydrogens is 244 g/mol. The van der Waals surface area contributed by atoms with Crippen LogP contribution in [0.2, 0.25) is 0 Å². The molecule has 0 bridgehead atoms. The molecule has 0 aromatic heterocycles. The van der Waals surface area contributed by atoms with Crippen LogP contribution in [-0.4, -0.2) is 60.2 Å². The van der Waals surface area contributed by atoms with E-state index < -0.39 is 10.0 Å². The number of methoxy groups -OCH3 is 2. The molecule has 1 atom stereocenters. The van der Waals surface area contributed by atoms with Gasteiger partial charge < -0.3 is 14.8 Å². The van der Waals surface area contributed by atoms with Gasteiger partial charge in [-0.3, -0.25) is 0 Å². The fourth-order valence-corrected chi connectivity index (χ4v) is 2.34. The molecule has 0 aromatic carbocycles. The van der Waals surface area contributed by atoms with E-state index in [0.717, 1.165) is 12.8 Å². The molecule has 0 amide bonds. The first-order valence-corrected chi connectivity index (χ1v) is 7.45. The molecular formula is C10H22N2O4S. The molecule has 1 unspecified atom stereocenters. The van der Waals surface area contributed by atoms with Crippen molar-refractivity contribution in [1.29, 1.82) is 0 Å². The van der Waals surface area contributed by atoms with Crippen LogP contribution in [0.5, 0.6) is 0 Å². The Labute approximate surface area is 103 Å². The maximum Gasteiger partial charge on any atom is 0.212 e. The minimum atomic E-state index is -3.22. The number of sulfonamides is 1.